The molecule has 3 heteroatoms. The van der Waals surface area contributed by atoms with E-state index in [2.05, 4.69) is 72.8 Å². The maximum atomic E-state index is 8.00. The molecule has 0 unspecified atom stereocenters. The topological polar surface area (TPSA) is 53.1 Å². The fraction of sp³-hybridized carbons (Fsp3) is 0.0870. The number of benzene rings is 4. The van der Waals surface area contributed by atoms with Crippen molar-refractivity contribution in [3.63, 3.8) is 0 Å². The first-order valence-electron chi connectivity index (χ1n) is 8.83. The highest BCUT2D eigenvalue weighted by Crippen LogP contribution is 2.41. The van der Waals surface area contributed by atoms with Crippen LogP contribution in [0, 0.1) is 5.41 Å². The standard InChI is InChI=1S/C23H19N3/c24-23(25)26-13-17-11-9-15-5-1-3-7-19(15)21(17)22-18(14-26)12-10-16-6-2-4-8-20(16)22/h1-12H,13-14H2,(H3,24,25). The Morgan fingerprint density at radius 1 is 0.692 bits per heavy atom. The van der Waals surface area contributed by atoms with Crippen LogP contribution in [0.4, 0.5) is 0 Å². The molecule has 4 aromatic rings. The molecule has 0 saturated carbocycles. The van der Waals surface area contributed by atoms with Gasteiger partial charge in [-0.1, -0.05) is 72.8 Å². The molecule has 0 aliphatic carbocycles. The molecule has 4 aromatic carbocycles. The zero-order valence-corrected chi connectivity index (χ0v) is 14.4. The fourth-order valence-corrected chi connectivity index (χ4v) is 4.12. The molecule has 26 heavy (non-hydrogen) atoms. The van der Waals surface area contributed by atoms with Crippen molar-refractivity contribution in [3.05, 3.63) is 83.9 Å². The van der Waals surface area contributed by atoms with E-state index in [1.165, 1.54) is 43.8 Å². The van der Waals surface area contributed by atoms with E-state index in [0.717, 1.165) is 0 Å². The molecule has 126 valence electrons. The van der Waals surface area contributed by atoms with Gasteiger partial charge in [0.1, 0.15) is 0 Å². The van der Waals surface area contributed by atoms with Crippen molar-refractivity contribution in [2.24, 2.45) is 5.73 Å². The van der Waals surface area contributed by atoms with Gasteiger partial charge in [-0.3, -0.25) is 5.41 Å². The maximum Gasteiger partial charge on any atom is 0.188 e. The van der Waals surface area contributed by atoms with E-state index < -0.39 is 0 Å². The highest BCUT2D eigenvalue weighted by atomic mass is 15.2. The van der Waals surface area contributed by atoms with Crippen LogP contribution in [-0.4, -0.2) is 10.9 Å². The minimum absolute atomic E-state index is 0.116. The summed E-state index contributed by atoms with van der Waals surface area (Å²) in [4.78, 5) is 1.94. The average molecular weight is 337 g/mol. The van der Waals surface area contributed by atoms with Crippen molar-refractivity contribution in [1.82, 2.24) is 4.90 Å². The second-order valence-corrected chi connectivity index (χ2v) is 6.88. The Morgan fingerprint density at radius 3 is 1.62 bits per heavy atom. The Morgan fingerprint density at radius 2 is 1.15 bits per heavy atom. The third-order valence-corrected chi connectivity index (χ3v) is 5.34. The molecule has 0 amide bonds. The predicted molar refractivity (Wildman–Crippen MR) is 108 cm³/mol. The largest absolute Gasteiger partial charge is 0.370 e. The first kappa shape index (κ1) is 15.0. The number of nitrogens with one attached hydrogen (secondary N) is 1. The lowest BCUT2D eigenvalue weighted by molar-refractivity contribution is 0.404. The lowest BCUT2D eigenvalue weighted by Gasteiger charge is -2.21. The summed E-state index contributed by atoms with van der Waals surface area (Å²) in [5, 5.41) is 13.0. The minimum Gasteiger partial charge on any atom is -0.370 e. The van der Waals surface area contributed by atoms with Gasteiger partial charge in [0.25, 0.3) is 0 Å². The van der Waals surface area contributed by atoms with Crippen LogP contribution in [0.3, 0.4) is 0 Å². The van der Waals surface area contributed by atoms with Crippen LogP contribution in [0.15, 0.2) is 72.8 Å². The molecule has 0 atom stereocenters. The van der Waals surface area contributed by atoms with E-state index in [9.17, 15) is 0 Å². The molecule has 0 fully saturated rings. The number of nitrogens with two attached hydrogens (primary N) is 1. The summed E-state index contributed by atoms with van der Waals surface area (Å²) in [6.45, 7) is 1.30. The third-order valence-electron chi connectivity index (χ3n) is 5.34. The van der Waals surface area contributed by atoms with Crippen LogP contribution in [0.5, 0.6) is 0 Å². The third kappa shape index (κ3) is 2.17. The summed E-state index contributed by atoms with van der Waals surface area (Å²) in [5.41, 5.74) is 10.9. The Hall–Kier alpha value is -3.33. The molecular weight excluding hydrogens is 318 g/mol. The number of nitrogens with zero attached hydrogens (tertiary/aromatic N) is 1. The SMILES string of the molecule is N=C(N)N1Cc2ccc3ccccc3c2-c2c(ccc3ccccc23)C1. The first-order valence-corrected chi connectivity index (χ1v) is 8.83. The smallest absolute Gasteiger partial charge is 0.188 e. The summed E-state index contributed by atoms with van der Waals surface area (Å²) < 4.78 is 0. The second kappa shape index (κ2) is 5.60. The molecule has 1 aliphatic heterocycles. The molecule has 0 spiro atoms. The van der Waals surface area contributed by atoms with Gasteiger partial charge in [0.15, 0.2) is 5.96 Å². The van der Waals surface area contributed by atoms with Crippen LogP contribution in [0.25, 0.3) is 32.7 Å². The number of hydrogen-bond donors (Lipinski definition) is 2. The van der Waals surface area contributed by atoms with Crippen LogP contribution in [-0.2, 0) is 13.1 Å². The molecule has 3 nitrogen and oxygen atoms in total. The zero-order chi connectivity index (χ0) is 17.7. The van der Waals surface area contributed by atoms with Crippen molar-refractivity contribution < 1.29 is 0 Å². The van der Waals surface area contributed by atoms with Crippen molar-refractivity contribution >= 4 is 27.5 Å². The quantitative estimate of drug-likeness (QED) is 0.355. The summed E-state index contributed by atoms with van der Waals surface area (Å²) in [7, 11) is 0. The second-order valence-electron chi connectivity index (χ2n) is 6.88. The van der Waals surface area contributed by atoms with Gasteiger partial charge in [-0.2, -0.15) is 0 Å². The highest BCUT2D eigenvalue weighted by Gasteiger charge is 2.23. The molecule has 0 aromatic heterocycles. The minimum atomic E-state index is 0.116. The molecule has 1 heterocycles. The number of fused-ring (bicyclic) bond motifs is 7. The van der Waals surface area contributed by atoms with E-state index in [0.29, 0.717) is 13.1 Å². The molecule has 5 rings (SSSR count). The van der Waals surface area contributed by atoms with Crippen molar-refractivity contribution in [3.8, 4) is 11.1 Å². The lowest BCUT2D eigenvalue weighted by atomic mass is 9.88. The van der Waals surface area contributed by atoms with Gasteiger partial charge in [-0.05, 0) is 43.8 Å². The van der Waals surface area contributed by atoms with Crippen LogP contribution in [0.2, 0.25) is 0 Å². The van der Waals surface area contributed by atoms with Gasteiger partial charge < -0.3 is 10.6 Å². The normalized spacial score (nSPS) is 13.3. The first-order chi connectivity index (χ1) is 12.7. The monoisotopic (exact) mass is 337 g/mol. The van der Waals surface area contributed by atoms with Gasteiger partial charge in [-0.25, -0.2) is 0 Å². The molecule has 3 N–H and O–H groups in total. The molecular formula is C23H19N3. The van der Waals surface area contributed by atoms with E-state index >= 15 is 0 Å². The lowest BCUT2D eigenvalue weighted by Crippen LogP contribution is -2.34. The number of hydrogen-bond acceptors (Lipinski definition) is 1. The van der Waals surface area contributed by atoms with Gasteiger partial charge in [-0.15, -0.1) is 0 Å². The fourth-order valence-electron chi connectivity index (χ4n) is 4.12. The van der Waals surface area contributed by atoms with Crippen LogP contribution >= 0.6 is 0 Å². The van der Waals surface area contributed by atoms with E-state index in [4.69, 9.17) is 11.1 Å². The molecule has 0 bridgehead atoms. The summed E-state index contributed by atoms with van der Waals surface area (Å²) >= 11 is 0. The number of rotatable bonds is 0. The summed E-state index contributed by atoms with van der Waals surface area (Å²) in [5.74, 6) is 0.116. The molecule has 1 aliphatic rings. The predicted octanol–water partition coefficient (Wildman–Crippen LogP) is 4.87. The highest BCUT2D eigenvalue weighted by molar-refractivity contribution is 6.08. The Labute approximate surface area is 152 Å². The Balaban J connectivity index is 1.96. The van der Waals surface area contributed by atoms with E-state index in [1.807, 2.05) is 4.90 Å². The van der Waals surface area contributed by atoms with Gasteiger partial charge in [0.2, 0.25) is 0 Å². The van der Waals surface area contributed by atoms with Crippen LogP contribution < -0.4 is 5.73 Å². The maximum absolute atomic E-state index is 8.00. The van der Waals surface area contributed by atoms with Gasteiger partial charge >= 0.3 is 0 Å². The molecule has 0 radical (unpaired) electrons. The Bertz CT molecular complexity index is 1090. The van der Waals surface area contributed by atoms with Crippen LogP contribution in [0.1, 0.15) is 11.1 Å². The Kier molecular flexibility index (Phi) is 3.22. The number of guanidine groups is 1. The molecule has 0 saturated heterocycles. The van der Waals surface area contributed by atoms with Gasteiger partial charge in [0, 0.05) is 13.1 Å². The van der Waals surface area contributed by atoms with Crippen molar-refractivity contribution in [1.29, 1.82) is 5.41 Å². The van der Waals surface area contributed by atoms with Crippen molar-refractivity contribution in [2.45, 2.75) is 13.1 Å². The summed E-state index contributed by atoms with van der Waals surface area (Å²) in [6, 6.07) is 25.8. The van der Waals surface area contributed by atoms with Crippen molar-refractivity contribution in [2.75, 3.05) is 0 Å². The van der Waals surface area contributed by atoms with Gasteiger partial charge in [0.05, 0.1) is 0 Å². The van der Waals surface area contributed by atoms with E-state index in [-0.39, 0.29) is 5.96 Å². The van der Waals surface area contributed by atoms with E-state index in [1.54, 1.807) is 0 Å². The summed E-state index contributed by atoms with van der Waals surface area (Å²) in [6.07, 6.45) is 0. The average Bonchev–Trinajstić information content (AvgIpc) is 2.85. The zero-order valence-electron chi connectivity index (χ0n) is 14.4.